The van der Waals surface area contributed by atoms with E-state index in [1.54, 1.807) is 0 Å². The molecular formula is C15H15F3N4O. The van der Waals surface area contributed by atoms with Gasteiger partial charge in [0.05, 0.1) is 16.8 Å². The molecular weight excluding hydrogens is 309 g/mol. The molecule has 0 saturated heterocycles. The average molecular weight is 324 g/mol. The lowest BCUT2D eigenvalue weighted by atomic mass is 10.1. The molecule has 0 aliphatic carbocycles. The van der Waals surface area contributed by atoms with E-state index in [1.807, 2.05) is 13.8 Å². The Balaban J connectivity index is 2.18. The summed E-state index contributed by atoms with van der Waals surface area (Å²) in [5.74, 6) is -0.370. The van der Waals surface area contributed by atoms with E-state index in [-0.39, 0.29) is 29.1 Å². The largest absolute Gasteiger partial charge is 0.418 e. The van der Waals surface area contributed by atoms with Crippen molar-refractivity contribution in [2.75, 3.05) is 5.32 Å². The van der Waals surface area contributed by atoms with Crippen LogP contribution in [0.5, 0.6) is 0 Å². The normalized spacial score (nSPS) is 11.4. The van der Waals surface area contributed by atoms with Crippen molar-refractivity contribution >= 4 is 17.5 Å². The molecule has 0 fully saturated rings. The lowest BCUT2D eigenvalue weighted by Gasteiger charge is -2.13. The van der Waals surface area contributed by atoms with E-state index in [4.69, 9.17) is 0 Å². The Morgan fingerprint density at radius 3 is 2.30 bits per heavy atom. The van der Waals surface area contributed by atoms with Crippen molar-refractivity contribution in [2.45, 2.75) is 26.1 Å². The number of rotatable bonds is 4. The molecule has 23 heavy (non-hydrogen) atoms. The summed E-state index contributed by atoms with van der Waals surface area (Å²) in [5.41, 5.74) is -0.738. The zero-order valence-corrected chi connectivity index (χ0v) is 12.5. The standard InChI is InChI=1S/C15H15F3N4O/c1-9(2)21-13(23)10-7-19-14(20-8-10)22-12-6-4-3-5-11(12)15(16,17)18/h3-9H,1-2H3,(H,21,23)(H,19,20,22). The number of hydrogen-bond donors (Lipinski definition) is 2. The number of halogens is 3. The topological polar surface area (TPSA) is 66.9 Å². The maximum absolute atomic E-state index is 12.9. The minimum Gasteiger partial charge on any atom is -0.350 e. The van der Waals surface area contributed by atoms with Gasteiger partial charge in [0.1, 0.15) is 0 Å². The molecule has 5 nitrogen and oxygen atoms in total. The third-order valence-corrected chi connectivity index (χ3v) is 2.81. The van der Waals surface area contributed by atoms with Gasteiger partial charge < -0.3 is 10.6 Å². The summed E-state index contributed by atoms with van der Waals surface area (Å²) in [6.45, 7) is 3.62. The first kappa shape index (κ1) is 16.7. The molecule has 1 aromatic carbocycles. The van der Waals surface area contributed by atoms with Crippen LogP contribution in [-0.2, 0) is 6.18 Å². The number of carbonyl (C=O) groups excluding carboxylic acids is 1. The SMILES string of the molecule is CC(C)NC(=O)c1cnc(Nc2ccccc2C(F)(F)F)nc1. The van der Waals surface area contributed by atoms with Crippen LogP contribution < -0.4 is 10.6 Å². The van der Waals surface area contributed by atoms with E-state index in [0.29, 0.717) is 0 Å². The van der Waals surface area contributed by atoms with Crippen molar-refractivity contribution in [1.82, 2.24) is 15.3 Å². The van der Waals surface area contributed by atoms with Gasteiger partial charge in [-0.05, 0) is 26.0 Å². The first-order valence-corrected chi connectivity index (χ1v) is 6.83. The fourth-order valence-corrected chi connectivity index (χ4v) is 1.82. The molecule has 122 valence electrons. The third kappa shape index (κ3) is 4.41. The molecule has 2 rings (SSSR count). The van der Waals surface area contributed by atoms with E-state index in [1.165, 1.54) is 30.6 Å². The number of amides is 1. The minimum atomic E-state index is -4.49. The van der Waals surface area contributed by atoms with Crippen molar-refractivity contribution < 1.29 is 18.0 Å². The van der Waals surface area contributed by atoms with Crippen LogP contribution in [0.25, 0.3) is 0 Å². The van der Waals surface area contributed by atoms with Crippen LogP contribution in [0.4, 0.5) is 24.8 Å². The van der Waals surface area contributed by atoms with Gasteiger partial charge in [-0.2, -0.15) is 13.2 Å². The summed E-state index contributed by atoms with van der Waals surface area (Å²) in [6, 6.07) is 4.98. The number of anilines is 2. The van der Waals surface area contributed by atoms with Crippen molar-refractivity contribution in [1.29, 1.82) is 0 Å². The monoisotopic (exact) mass is 324 g/mol. The Morgan fingerprint density at radius 2 is 1.74 bits per heavy atom. The van der Waals surface area contributed by atoms with Crippen LogP contribution in [0.15, 0.2) is 36.7 Å². The lowest BCUT2D eigenvalue weighted by Crippen LogP contribution is -2.30. The fraction of sp³-hybridized carbons (Fsp3) is 0.267. The molecule has 2 aromatic rings. The van der Waals surface area contributed by atoms with Gasteiger partial charge in [0.2, 0.25) is 5.95 Å². The summed E-state index contributed by atoms with van der Waals surface area (Å²) in [5, 5.41) is 5.18. The van der Waals surface area contributed by atoms with Crippen LogP contribution in [0.1, 0.15) is 29.8 Å². The van der Waals surface area contributed by atoms with E-state index >= 15 is 0 Å². The van der Waals surface area contributed by atoms with E-state index in [0.717, 1.165) is 6.07 Å². The fourth-order valence-electron chi connectivity index (χ4n) is 1.82. The number of nitrogens with one attached hydrogen (secondary N) is 2. The van der Waals surface area contributed by atoms with Gasteiger partial charge in [0.25, 0.3) is 5.91 Å². The highest BCUT2D eigenvalue weighted by Gasteiger charge is 2.33. The molecule has 0 unspecified atom stereocenters. The van der Waals surface area contributed by atoms with Gasteiger partial charge >= 0.3 is 6.18 Å². The van der Waals surface area contributed by atoms with Crippen molar-refractivity contribution in [3.8, 4) is 0 Å². The Hall–Kier alpha value is -2.64. The molecule has 0 spiro atoms. The van der Waals surface area contributed by atoms with Crippen LogP contribution in [-0.4, -0.2) is 21.9 Å². The van der Waals surface area contributed by atoms with Crippen molar-refractivity contribution in [2.24, 2.45) is 0 Å². The number of alkyl halides is 3. The smallest absolute Gasteiger partial charge is 0.350 e. The Kier molecular flexibility index (Phi) is 4.83. The second-order valence-electron chi connectivity index (χ2n) is 5.09. The molecule has 0 saturated carbocycles. The van der Waals surface area contributed by atoms with E-state index < -0.39 is 11.7 Å². The maximum Gasteiger partial charge on any atom is 0.418 e. The van der Waals surface area contributed by atoms with Crippen LogP contribution >= 0.6 is 0 Å². The molecule has 1 heterocycles. The van der Waals surface area contributed by atoms with Gasteiger partial charge in [-0.25, -0.2) is 9.97 Å². The van der Waals surface area contributed by atoms with Gasteiger partial charge in [-0.1, -0.05) is 12.1 Å². The van der Waals surface area contributed by atoms with Crippen LogP contribution in [0, 0.1) is 0 Å². The summed E-state index contributed by atoms with van der Waals surface area (Å²) in [6.07, 6.45) is -1.98. The highest BCUT2D eigenvalue weighted by atomic mass is 19.4. The first-order chi connectivity index (χ1) is 10.8. The van der Waals surface area contributed by atoms with E-state index in [9.17, 15) is 18.0 Å². The summed E-state index contributed by atoms with van der Waals surface area (Å²) >= 11 is 0. The zero-order chi connectivity index (χ0) is 17.0. The van der Waals surface area contributed by atoms with Gasteiger partial charge in [0, 0.05) is 18.4 Å². The van der Waals surface area contributed by atoms with Gasteiger partial charge in [-0.15, -0.1) is 0 Å². The molecule has 8 heteroatoms. The molecule has 2 N–H and O–H groups in total. The quantitative estimate of drug-likeness (QED) is 0.905. The molecule has 1 aromatic heterocycles. The predicted octanol–water partition coefficient (Wildman–Crippen LogP) is 3.38. The third-order valence-electron chi connectivity index (χ3n) is 2.81. The molecule has 0 atom stereocenters. The second-order valence-corrected chi connectivity index (χ2v) is 5.09. The molecule has 0 aliphatic heterocycles. The average Bonchev–Trinajstić information content (AvgIpc) is 2.46. The molecule has 0 radical (unpaired) electrons. The molecule has 0 aliphatic rings. The molecule has 0 bridgehead atoms. The van der Waals surface area contributed by atoms with Gasteiger partial charge in [-0.3, -0.25) is 4.79 Å². The number of para-hydroxylation sites is 1. The van der Waals surface area contributed by atoms with Crippen LogP contribution in [0.2, 0.25) is 0 Å². The summed E-state index contributed by atoms with van der Waals surface area (Å²) in [4.78, 5) is 19.5. The maximum atomic E-state index is 12.9. The highest BCUT2D eigenvalue weighted by Crippen LogP contribution is 2.35. The number of nitrogens with zero attached hydrogens (tertiary/aromatic N) is 2. The zero-order valence-electron chi connectivity index (χ0n) is 12.5. The van der Waals surface area contributed by atoms with Crippen LogP contribution in [0.3, 0.4) is 0 Å². The summed E-state index contributed by atoms with van der Waals surface area (Å²) in [7, 11) is 0. The Morgan fingerprint density at radius 1 is 1.13 bits per heavy atom. The summed E-state index contributed by atoms with van der Waals surface area (Å²) < 4.78 is 38.7. The number of hydrogen-bond acceptors (Lipinski definition) is 4. The molecule has 1 amide bonds. The second kappa shape index (κ2) is 6.64. The predicted molar refractivity (Wildman–Crippen MR) is 79.4 cm³/mol. The number of aromatic nitrogens is 2. The van der Waals surface area contributed by atoms with Crippen molar-refractivity contribution in [3.63, 3.8) is 0 Å². The van der Waals surface area contributed by atoms with E-state index in [2.05, 4.69) is 20.6 Å². The Labute approximate surface area is 131 Å². The van der Waals surface area contributed by atoms with Crippen molar-refractivity contribution in [3.05, 3.63) is 47.8 Å². The highest BCUT2D eigenvalue weighted by molar-refractivity contribution is 5.93. The minimum absolute atomic E-state index is 0.0252. The lowest BCUT2D eigenvalue weighted by molar-refractivity contribution is -0.136. The van der Waals surface area contributed by atoms with Gasteiger partial charge in [0.15, 0.2) is 0 Å². The first-order valence-electron chi connectivity index (χ1n) is 6.83. The number of benzene rings is 1. The number of carbonyl (C=O) groups is 1. The Bertz CT molecular complexity index is 684.